The second-order valence-electron chi connectivity index (χ2n) is 4.90. The zero-order chi connectivity index (χ0) is 9.57. The minimum absolute atomic E-state index is 0.603. The molecule has 1 heteroatoms. The summed E-state index contributed by atoms with van der Waals surface area (Å²) in [7, 11) is 0. The Balaban J connectivity index is 2.25. The summed E-state index contributed by atoms with van der Waals surface area (Å²) in [6.07, 6.45) is 9.85. The van der Waals surface area contributed by atoms with Gasteiger partial charge in [-0.25, -0.2) is 0 Å². The molecule has 1 saturated heterocycles. The minimum atomic E-state index is 0.603. The summed E-state index contributed by atoms with van der Waals surface area (Å²) < 4.78 is 0. The first-order valence-corrected chi connectivity index (χ1v) is 5.97. The Morgan fingerprint density at radius 2 is 2.08 bits per heavy atom. The molecule has 0 aromatic heterocycles. The van der Waals surface area contributed by atoms with E-state index in [1.807, 2.05) is 0 Å². The van der Waals surface area contributed by atoms with E-state index < -0.39 is 0 Å². The molecule has 1 nitrogen and oxygen atoms in total. The van der Waals surface area contributed by atoms with Gasteiger partial charge in [-0.15, -0.1) is 0 Å². The molecule has 0 aliphatic carbocycles. The molecule has 0 amide bonds. The smallest absolute Gasteiger partial charge is 0.000516 e. The van der Waals surface area contributed by atoms with Gasteiger partial charge in [0.1, 0.15) is 0 Å². The molecule has 1 N–H and O–H groups in total. The first-order valence-electron chi connectivity index (χ1n) is 5.97. The van der Waals surface area contributed by atoms with Crippen LogP contribution >= 0.6 is 0 Å². The first-order chi connectivity index (χ1) is 6.27. The average molecular weight is 183 g/mol. The van der Waals surface area contributed by atoms with Crippen molar-refractivity contribution in [2.24, 2.45) is 5.41 Å². The molecular weight excluding hydrogens is 158 g/mol. The van der Waals surface area contributed by atoms with E-state index in [0.29, 0.717) is 5.41 Å². The van der Waals surface area contributed by atoms with Crippen molar-refractivity contribution >= 4 is 0 Å². The fraction of sp³-hybridized carbons (Fsp3) is 1.00. The fourth-order valence-corrected chi connectivity index (χ4v) is 2.30. The van der Waals surface area contributed by atoms with Crippen molar-refractivity contribution in [1.82, 2.24) is 5.32 Å². The zero-order valence-corrected chi connectivity index (χ0v) is 9.36. The molecule has 13 heavy (non-hydrogen) atoms. The maximum Gasteiger partial charge on any atom is 0.000516 e. The van der Waals surface area contributed by atoms with E-state index in [1.165, 1.54) is 58.0 Å². The van der Waals surface area contributed by atoms with Crippen molar-refractivity contribution in [3.8, 4) is 0 Å². The standard InChI is InChI=1S/C12H25N/c1-3-4-5-8-12(2)9-6-7-10-13-11-12/h13H,3-11H2,1-2H3. The Morgan fingerprint density at radius 1 is 1.23 bits per heavy atom. The lowest BCUT2D eigenvalue weighted by Crippen LogP contribution is -2.29. The lowest BCUT2D eigenvalue weighted by molar-refractivity contribution is 0.263. The highest BCUT2D eigenvalue weighted by Gasteiger charge is 2.24. The lowest BCUT2D eigenvalue weighted by Gasteiger charge is -2.27. The summed E-state index contributed by atoms with van der Waals surface area (Å²) >= 11 is 0. The molecule has 0 radical (unpaired) electrons. The quantitative estimate of drug-likeness (QED) is 0.659. The molecule has 0 aromatic rings. The molecule has 1 heterocycles. The van der Waals surface area contributed by atoms with E-state index >= 15 is 0 Å². The second kappa shape index (κ2) is 5.64. The highest BCUT2D eigenvalue weighted by Crippen LogP contribution is 2.31. The highest BCUT2D eigenvalue weighted by atomic mass is 14.9. The SMILES string of the molecule is CCCCCC1(C)CCCCNC1. The third-order valence-corrected chi connectivity index (χ3v) is 3.32. The van der Waals surface area contributed by atoms with Crippen LogP contribution in [-0.4, -0.2) is 13.1 Å². The van der Waals surface area contributed by atoms with Crippen molar-refractivity contribution in [3.05, 3.63) is 0 Å². The molecule has 1 atom stereocenters. The molecule has 1 fully saturated rings. The molecular formula is C12H25N. The summed E-state index contributed by atoms with van der Waals surface area (Å²) in [5.41, 5.74) is 0.603. The van der Waals surface area contributed by atoms with Crippen LogP contribution in [0.5, 0.6) is 0 Å². The van der Waals surface area contributed by atoms with Gasteiger partial charge in [-0.1, -0.05) is 39.5 Å². The van der Waals surface area contributed by atoms with Crippen LogP contribution in [0.1, 0.15) is 58.8 Å². The van der Waals surface area contributed by atoms with Gasteiger partial charge in [0.15, 0.2) is 0 Å². The second-order valence-corrected chi connectivity index (χ2v) is 4.90. The number of hydrogen-bond acceptors (Lipinski definition) is 1. The van der Waals surface area contributed by atoms with Crippen LogP contribution in [0.4, 0.5) is 0 Å². The van der Waals surface area contributed by atoms with Gasteiger partial charge in [0, 0.05) is 6.54 Å². The molecule has 0 spiro atoms. The largest absolute Gasteiger partial charge is 0.316 e. The van der Waals surface area contributed by atoms with E-state index in [2.05, 4.69) is 19.2 Å². The van der Waals surface area contributed by atoms with Crippen LogP contribution < -0.4 is 5.32 Å². The molecule has 0 saturated carbocycles. The van der Waals surface area contributed by atoms with Gasteiger partial charge >= 0.3 is 0 Å². The predicted molar refractivity (Wildman–Crippen MR) is 59.0 cm³/mol. The van der Waals surface area contributed by atoms with Crippen LogP contribution in [0.3, 0.4) is 0 Å². The van der Waals surface area contributed by atoms with Crippen molar-refractivity contribution < 1.29 is 0 Å². The molecule has 1 rings (SSSR count). The summed E-state index contributed by atoms with van der Waals surface area (Å²) in [6.45, 7) is 7.23. The van der Waals surface area contributed by atoms with E-state index in [-0.39, 0.29) is 0 Å². The zero-order valence-electron chi connectivity index (χ0n) is 9.36. The molecule has 78 valence electrons. The molecule has 0 aromatic carbocycles. The third kappa shape index (κ3) is 4.12. The van der Waals surface area contributed by atoms with Crippen molar-refractivity contribution in [2.75, 3.05) is 13.1 Å². The van der Waals surface area contributed by atoms with Gasteiger partial charge in [0.2, 0.25) is 0 Å². The third-order valence-electron chi connectivity index (χ3n) is 3.32. The van der Waals surface area contributed by atoms with E-state index in [9.17, 15) is 0 Å². The van der Waals surface area contributed by atoms with Crippen LogP contribution in [0.2, 0.25) is 0 Å². The number of hydrogen-bond donors (Lipinski definition) is 1. The maximum atomic E-state index is 3.56. The Morgan fingerprint density at radius 3 is 2.85 bits per heavy atom. The van der Waals surface area contributed by atoms with Gasteiger partial charge in [0.05, 0.1) is 0 Å². The van der Waals surface area contributed by atoms with Gasteiger partial charge in [-0.05, 0) is 31.2 Å². The Bertz CT molecular complexity index is 123. The highest BCUT2D eigenvalue weighted by molar-refractivity contribution is 4.79. The first kappa shape index (κ1) is 11.0. The molecule has 1 aliphatic rings. The minimum Gasteiger partial charge on any atom is -0.316 e. The van der Waals surface area contributed by atoms with Crippen molar-refractivity contribution in [3.63, 3.8) is 0 Å². The van der Waals surface area contributed by atoms with Gasteiger partial charge in [0.25, 0.3) is 0 Å². The fourth-order valence-electron chi connectivity index (χ4n) is 2.30. The Labute approximate surface area is 83.3 Å². The normalized spacial score (nSPS) is 30.0. The van der Waals surface area contributed by atoms with Crippen LogP contribution in [-0.2, 0) is 0 Å². The van der Waals surface area contributed by atoms with E-state index in [4.69, 9.17) is 0 Å². The van der Waals surface area contributed by atoms with Crippen LogP contribution in [0.15, 0.2) is 0 Å². The van der Waals surface area contributed by atoms with Crippen molar-refractivity contribution in [1.29, 1.82) is 0 Å². The van der Waals surface area contributed by atoms with Crippen LogP contribution in [0, 0.1) is 5.41 Å². The number of rotatable bonds is 4. The number of unbranched alkanes of at least 4 members (excludes halogenated alkanes) is 2. The summed E-state index contributed by atoms with van der Waals surface area (Å²) in [4.78, 5) is 0. The lowest BCUT2D eigenvalue weighted by atomic mass is 9.81. The molecule has 1 aliphatic heterocycles. The van der Waals surface area contributed by atoms with Gasteiger partial charge in [-0.2, -0.15) is 0 Å². The van der Waals surface area contributed by atoms with Crippen molar-refractivity contribution in [2.45, 2.75) is 58.8 Å². The molecule has 1 unspecified atom stereocenters. The van der Waals surface area contributed by atoms with Gasteiger partial charge < -0.3 is 5.32 Å². The Hall–Kier alpha value is -0.0400. The summed E-state index contributed by atoms with van der Waals surface area (Å²) in [5.74, 6) is 0. The van der Waals surface area contributed by atoms with Crippen LogP contribution in [0.25, 0.3) is 0 Å². The predicted octanol–water partition coefficient (Wildman–Crippen LogP) is 3.35. The van der Waals surface area contributed by atoms with E-state index in [0.717, 1.165) is 0 Å². The topological polar surface area (TPSA) is 12.0 Å². The average Bonchev–Trinajstić information content (AvgIpc) is 2.31. The molecule has 0 bridgehead atoms. The Kier molecular flexibility index (Phi) is 4.79. The monoisotopic (exact) mass is 183 g/mol. The maximum absolute atomic E-state index is 3.56. The number of nitrogens with one attached hydrogen (secondary N) is 1. The summed E-state index contributed by atoms with van der Waals surface area (Å²) in [5, 5.41) is 3.56. The summed E-state index contributed by atoms with van der Waals surface area (Å²) in [6, 6.07) is 0. The van der Waals surface area contributed by atoms with Gasteiger partial charge in [-0.3, -0.25) is 0 Å². The van der Waals surface area contributed by atoms with E-state index in [1.54, 1.807) is 0 Å².